The molecule has 1 aromatic rings. The van der Waals surface area contributed by atoms with Crippen LogP contribution in [0.5, 0.6) is 0 Å². The average Bonchev–Trinajstić information content (AvgIpc) is 3.33. The van der Waals surface area contributed by atoms with Gasteiger partial charge in [-0.2, -0.15) is 0 Å². The van der Waals surface area contributed by atoms with Crippen LogP contribution < -0.4 is 0 Å². The quantitative estimate of drug-likeness (QED) is 0.870. The van der Waals surface area contributed by atoms with Crippen LogP contribution in [-0.2, 0) is 0 Å². The van der Waals surface area contributed by atoms with Gasteiger partial charge in [-0.05, 0) is 30.2 Å². The largest absolute Gasteiger partial charge is 0.388 e. The molecule has 3 heteroatoms. The van der Waals surface area contributed by atoms with Gasteiger partial charge in [0.05, 0.1) is 6.10 Å². The third kappa shape index (κ3) is 4.29. The van der Waals surface area contributed by atoms with Gasteiger partial charge in [-0.25, -0.2) is 0 Å². The van der Waals surface area contributed by atoms with Gasteiger partial charge in [0.25, 0.3) is 0 Å². The van der Waals surface area contributed by atoms with E-state index in [0.717, 1.165) is 31.1 Å². The first kappa shape index (κ1) is 15.0. The van der Waals surface area contributed by atoms with Crippen molar-refractivity contribution in [3.63, 3.8) is 0 Å². The Balaban J connectivity index is 1.43. The van der Waals surface area contributed by atoms with Gasteiger partial charge >= 0.3 is 0 Å². The minimum atomic E-state index is -0.351. The number of hydrogen-bond acceptors (Lipinski definition) is 3. The number of hydrogen-bond donors (Lipinski definition) is 1. The van der Waals surface area contributed by atoms with Crippen LogP contribution in [0.1, 0.15) is 31.4 Å². The van der Waals surface area contributed by atoms with Crippen molar-refractivity contribution in [2.75, 3.05) is 39.3 Å². The fraction of sp³-hybridized carbons (Fsp3) is 0.667. The van der Waals surface area contributed by atoms with Crippen LogP contribution >= 0.6 is 0 Å². The third-order valence-corrected chi connectivity index (χ3v) is 4.90. The Morgan fingerprint density at radius 2 is 1.67 bits per heavy atom. The SMILES string of the molecule is CC(CN1CCN(CC2CC2)CC1)C(O)c1ccccc1. The normalized spacial score (nSPS) is 23.9. The summed E-state index contributed by atoms with van der Waals surface area (Å²) in [5.41, 5.74) is 1.04. The Morgan fingerprint density at radius 1 is 1.05 bits per heavy atom. The summed E-state index contributed by atoms with van der Waals surface area (Å²) in [7, 11) is 0. The highest BCUT2D eigenvalue weighted by molar-refractivity contribution is 5.17. The van der Waals surface area contributed by atoms with Gasteiger partial charge < -0.3 is 14.9 Å². The Kier molecular flexibility index (Phi) is 4.94. The van der Waals surface area contributed by atoms with E-state index in [1.165, 1.54) is 32.5 Å². The van der Waals surface area contributed by atoms with Crippen LogP contribution in [0.3, 0.4) is 0 Å². The van der Waals surface area contributed by atoms with E-state index in [1.54, 1.807) is 0 Å². The highest BCUT2D eigenvalue weighted by atomic mass is 16.3. The zero-order chi connectivity index (χ0) is 14.7. The molecule has 1 heterocycles. The molecule has 0 spiro atoms. The molecule has 1 aliphatic carbocycles. The molecule has 0 radical (unpaired) electrons. The molecule has 2 unspecified atom stereocenters. The van der Waals surface area contributed by atoms with Crippen molar-refractivity contribution in [1.29, 1.82) is 0 Å². The first-order chi connectivity index (χ1) is 10.2. The number of nitrogens with zero attached hydrogens (tertiary/aromatic N) is 2. The Bertz CT molecular complexity index is 424. The summed E-state index contributed by atoms with van der Waals surface area (Å²) in [5.74, 6) is 1.28. The molecule has 0 aromatic heterocycles. The molecule has 0 bridgehead atoms. The summed E-state index contributed by atoms with van der Waals surface area (Å²) in [6.07, 6.45) is 2.54. The van der Waals surface area contributed by atoms with Crippen molar-refractivity contribution >= 4 is 0 Å². The molecular weight excluding hydrogens is 260 g/mol. The fourth-order valence-electron chi connectivity index (χ4n) is 3.31. The second kappa shape index (κ2) is 6.91. The Morgan fingerprint density at radius 3 is 2.29 bits per heavy atom. The van der Waals surface area contributed by atoms with Crippen LogP contribution in [0.15, 0.2) is 30.3 Å². The van der Waals surface area contributed by atoms with E-state index in [2.05, 4.69) is 16.7 Å². The van der Waals surface area contributed by atoms with Gasteiger partial charge in [-0.3, -0.25) is 0 Å². The molecular formula is C18H28N2O. The highest BCUT2D eigenvalue weighted by Crippen LogP contribution is 2.30. The summed E-state index contributed by atoms with van der Waals surface area (Å²) in [5, 5.41) is 10.5. The Hall–Kier alpha value is -0.900. The minimum absolute atomic E-state index is 0.280. The average molecular weight is 288 g/mol. The monoisotopic (exact) mass is 288 g/mol. The van der Waals surface area contributed by atoms with E-state index >= 15 is 0 Å². The molecule has 21 heavy (non-hydrogen) atoms. The zero-order valence-electron chi connectivity index (χ0n) is 13.1. The lowest BCUT2D eigenvalue weighted by molar-refractivity contribution is 0.0636. The second-order valence-corrected chi connectivity index (χ2v) is 6.88. The highest BCUT2D eigenvalue weighted by Gasteiger charge is 2.27. The molecule has 1 aliphatic heterocycles. The van der Waals surface area contributed by atoms with Crippen LogP contribution in [0, 0.1) is 11.8 Å². The molecule has 2 fully saturated rings. The lowest BCUT2D eigenvalue weighted by atomic mass is 9.97. The standard InChI is InChI=1S/C18H28N2O/c1-15(18(21)17-5-3-2-4-6-17)13-19-9-11-20(12-10-19)14-16-7-8-16/h2-6,15-16,18,21H,7-14H2,1H3. The zero-order valence-corrected chi connectivity index (χ0v) is 13.1. The topological polar surface area (TPSA) is 26.7 Å². The van der Waals surface area contributed by atoms with Crippen LogP contribution in [0.2, 0.25) is 0 Å². The summed E-state index contributed by atoms with van der Waals surface area (Å²) < 4.78 is 0. The maximum Gasteiger partial charge on any atom is 0.0827 e. The Labute approximate surface area is 128 Å². The number of aliphatic hydroxyl groups is 1. The summed E-state index contributed by atoms with van der Waals surface area (Å²) in [6.45, 7) is 9.17. The van der Waals surface area contributed by atoms with Crippen LogP contribution in [0.4, 0.5) is 0 Å². The van der Waals surface area contributed by atoms with Gasteiger partial charge in [0.1, 0.15) is 0 Å². The van der Waals surface area contributed by atoms with Crippen molar-refractivity contribution in [2.45, 2.75) is 25.9 Å². The summed E-state index contributed by atoms with van der Waals surface area (Å²) in [6, 6.07) is 10.0. The minimum Gasteiger partial charge on any atom is -0.388 e. The number of piperazine rings is 1. The molecule has 1 saturated carbocycles. The number of aliphatic hydroxyl groups excluding tert-OH is 1. The second-order valence-electron chi connectivity index (χ2n) is 6.88. The molecule has 0 amide bonds. The summed E-state index contributed by atoms with van der Waals surface area (Å²) in [4.78, 5) is 5.13. The van der Waals surface area contributed by atoms with Crippen molar-refractivity contribution in [1.82, 2.24) is 9.80 Å². The number of rotatable bonds is 6. The smallest absolute Gasteiger partial charge is 0.0827 e. The van der Waals surface area contributed by atoms with Gasteiger partial charge in [0, 0.05) is 39.3 Å². The molecule has 1 aromatic carbocycles. The molecule has 3 nitrogen and oxygen atoms in total. The molecule has 3 rings (SSSR count). The molecule has 1 N–H and O–H groups in total. The molecule has 2 atom stereocenters. The van der Waals surface area contributed by atoms with Crippen LogP contribution in [0.25, 0.3) is 0 Å². The lowest BCUT2D eigenvalue weighted by Crippen LogP contribution is -2.48. The van der Waals surface area contributed by atoms with Gasteiger partial charge in [-0.15, -0.1) is 0 Å². The first-order valence-corrected chi connectivity index (χ1v) is 8.40. The molecule has 116 valence electrons. The van der Waals surface area contributed by atoms with Gasteiger partial charge in [0.15, 0.2) is 0 Å². The van der Waals surface area contributed by atoms with E-state index in [4.69, 9.17) is 0 Å². The van der Waals surface area contributed by atoms with Gasteiger partial charge in [-0.1, -0.05) is 37.3 Å². The first-order valence-electron chi connectivity index (χ1n) is 8.40. The third-order valence-electron chi connectivity index (χ3n) is 4.90. The van der Waals surface area contributed by atoms with Crippen molar-refractivity contribution in [2.24, 2.45) is 11.8 Å². The lowest BCUT2D eigenvalue weighted by Gasteiger charge is -2.36. The maximum atomic E-state index is 10.5. The predicted molar refractivity (Wildman–Crippen MR) is 86.2 cm³/mol. The van der Waals surface area contributed by atoms with Gasteiger partial charge in [0.2, 0.25) is 0 Å². The molecule has 1 saturated heterocycles. The number of benzene rings is 1. The van der Waals surface area contributed by atoms with E-state index in [1.807, 2.05) is 30.3 Å². The fourth-order valence-corrected chi connectivity index (χ4v) is 3.31. The maximum absolute atomic E-state index is 10.5. The predicted octanol–water partition coefficient (Wildman–Crippen LogP) is 2.38. The van der Waals surface area contributed by atoms with E-state index in [-0.39, 0.29) is 12.0 Å². The van der Waals surface area contributed by atoms with Crippen molar-refractivity contribution < 1.29 is 5.11 Å². The van der Waals surface area contributed by atoms with Crippen molar-refractivity contribution in [3.05, 3.63) is 35.9 Å². The summed E-state index contributed by atoms with van der Waals surface area (Å²) >= 11 is 0. The van der Waals surface area contributed by atoms with E-state index in [0.29, 0.717) is 0 Å². The van der Waals surface area contributed by atoms with Crippen molar-refractivity contribution in [3.8, 4) is 0 Å². The van der Waals surface area contributed by atoms with E-state index < -0.39 is 0 Å². The van der Waals surface area contributed by atoms with E-state index in [9.17, 15) is 5.11 Å². The molecule has 2 aliphatic rings. The van der Waals surface area contributed by atoms with Crippen LogP contribution in [-0.4, -0.2) is 54.2 Å².